The molecule has 2 N–H and O–H groups in total. The Morgan fingerprint density at radius 2 is 1.63 bits per heavy atom. The minimum Gasteiger partial charge on any atom is -0.345 e. The van der Waals surface area contributed by atoms with Gasteiger partial charge in [-0.2, -0.15) is 0 Å². The molecule has 1 atom stereocenters. The SMILES string of the molecule is Cc1ccc(S(=O)(=O)Nc2ccccc2C(=O)N[C@@H]2CCCc3ccccc32)cc1. The molecule has 0 saturated carbocycles. The first-order valence-corrected chi connectivity index (χ1v) is 11.5. The zero-order valence-corrected chi connectivity index (χ0v) is 17.6. The molecule has 0 bridgehead atoms. The summed E-state index contributed by atoms with van der Waals surface area (Å²) in [5.74, 6) is -0.293. The molecular formula is C24H24N2O3S. The lowest BCUT2D eigenvalue weighted by atomic mass is 9.87. The summed E-state index contributed by atoms with van der Waals surface area (Å²) in [6.07, 6.45) is 2.87. The molecule has 0 saturated heterocycles. The van der Waals surface area contributed by atoms with E-state index in [1.807, 2.05) is 25.1 Å². The molecule has 1 aliphatic rings. The third-order valence-corrected chi connectivity index (χ3v) is 6.80. The first-order valence-electron chi connectivity index (χ1n) is 10.0. The molecule has 1 aliphatic carbocycles. The molecule has 30 heavy (non-hydrogen) atoms. The Kier molecular flexibility index (Phi) is 5.59. The highest BCUT2D eigenvalue weighted by Gasteiger charge is 2.24. The van der Waals surface area contributed by atoms with E-state index in [0.29, 0.717) is 5.56 Å². The molecule has 0 radical (unpaired) electrons. The number of carbonyl (C=O) groups excluding carboxylic acids is 1. The van der Waals surface area contributed by atoms with Gasteiger partial charge in [0, 0.05) is 0 Å². The molecule has 0 spiro atoms. The molecule has 0 unspecified atom stereocenters. The van der Waals surface area contributed by atoms with Crippen LogP contribution in [0.4, 0.5) is 5.69 Å². The van der Waals surface area contributed by atoms with E-state index < -0.39 is 10.0 Å². The summed E-state index contributed by atoms with van der Waals surface area (Å²) in [5, 5.41) is 3.09. The second-order valence-corrected chi connectivity index (χ2v) is 9.26. The summed E-state index contributed by atoms with van der Waals surface area (Å²) in [6, 6.07) is 21.3. The van der Waals surface area contributed by atoms with E-state index in [4.69, 9.17) is 0 Å². The van der Waals surface area contributed by atoms with Crippen LogP contribution in [0, 0.1) is 6.92 Å². The van der Waals surface area contributed by atoms with Crippen LogP contribution >= 0.6 is 0 Å². The van der Waals surface area contributed by atoms with Gasteiger partial charge in [0.2, 0.25) is 0 Å². The number of para-hydroxylation sites is 1. The molecule has 0 aliphatic heterocycles. The van der Waals surface area contributed by atoms with Crippen LogP contribution in [-0.2, 0) is 16.4 Å². The van der Waals surface area contributed by atoms with Crippen molar-refractivity contribution in [3.05, 3.63) is 95.1 Å². The van der Waals surface area contributed by atoms with Gasteiger partial charge in [-0.1, -0.05) is 54.1 Å². The lowest BCUT2D eigenvalue weighted by Crippen LogP contribution is -2.31. The van der Waals surface area contributed by atoms with Crippen molar-refractivity contribution in [1.29, 1.82) is 0 Å². The molecular weight excluding hydrogens is 396 g/mol. The number of hydrogen-bond donors (Lipinski definition) is 2. The summed E-state index contributed by atoms with van der Waals surface area (Å²) < 4.78 is 28.2. The predicted molar refractivity (Wildman–Crippen MR) is 118 cm³/mol. The van der Waals surface area contributed by atoms with Crippen molar-refractivity contribution in [3.8, 4) is 0 Å². The minimum atomic E-state index is -3.80. The number of fused-ring (bicyclic) bond motifs is 1. The maximum atomic E-state index is 13.1. The molecule has 1 amide bonds. The molecule has 5 nitrogen and oxygen atoms in total. The first kappa shape index (κ1) is 20.2. The van der Waals surface area contributed by atoms with E-state index in [1.54, 1.807) is 48.5 Å². The van der Waals surface area contributed by atoms with Gasteiger partial charge in [0.05, 0.1) is 22.2 Å². The zero-order valence-electron chi connectivity index (χ0n) is 16.8. The number of anilines is 1. The standard InChI is InChI=1S/C24H24N2O3S/c1-17-13-15-19(16-14-17)30(28,29)26-23-11-5-4-10-21(23)24(27)25-22-12-6-8-18-7-2-3-9-20(18)22/h2-5,7,9-11,13-16,22,26H,6,8,12H2,1H3,(H,25,27)/t22-/m1/s1. The van der Waals surface area contributed by atoms with Gasteiger partial charge in [-0.3, -0.25) is 9.52 Å². The third kappa shape index (κ3) is 4.24. The molecule has 4 rings (SSSR count). The molecule has 3 aromatic rings. The van der Waals surface area contributed by atoms with Gasteiger partial charge in [-0.15, -0.1) is 0 Å². The number of carbonyl (C=O) groups is 1. The van der Waals surface area contributed by atoms with Crippen LogP contribution in [0.3, 0.4) is 0 Å². The Hall–Kier alpha value is -3.12. The molecule has 154 valence electrons. The summed E-state index contributed by atoms with van der Waals surface area (Å²) in [6.45, 7) is 1.90. The lowest BCUT2D eigenvalue weighted by Gasteiger charge is -2.26. The number of aryl methyl sites for hydroxylation is 2. The van der Waals surface area contributed by atoms with E-state index in [-0.39, 0.29) is 22.5 Å². The van der Waals surface area contributed by atoms with E-state index >= 15 is 0 Å². The fraction of sp³-hybridized carbons (Fsp3) is 0.208. The monoisotopic (exact) mass is 420 g/mol. The highest BCUT2D eigenvalue weighted by Crippen LogP contribution is 2.30. The lowest BCUT2D eigenvalue weighted by molar-refractivity contribution is 0.0933. The average Bonchev–Trinajstić information content (AvgIpc) is 2.74. The van der Waals surface area contributed by atoms with Crippen LogP contribution in [0.25, 0.3) is 0 Å². The van der Waals surface area contributed by atoms with E-state index in [1.165, 1.54) is 5.56 Å². The Labute approximate surface area is 177 Å². The maximum Gasteiger partial charge on any atom is 0.261 e. The second-order valence-electron chi connectivity index (χ2n) is 7.58. The topological polar surface area (TPSA) is 75.3 Å². The highest BCUT2D eigenvalue weighted by atomic mass is 32.2. The quantitative estimate of drug-likeness (QED) is 0.633. The number of hydrogen-bond acceptors (Lipinski definition) is 3. The largest absolute Gasteiger partial charge is 0.345 e. The van der Waals surface area contributed by atoms with Crippen LogP contribution in [-0.4, -0.2) is 14.3 Å². The van der Waals surface area contributed by atoms with Crippen molar-refractivity contribution < 1.29 is 13.2 Å². The summed E-state index contributed by atoms with van der Waals surface area (Å²) in [5.41, 5.74) is 3.93. The fourth-order valence-electron chi connectivity index (χ4n) is 3.83. The zero-order chi connectivity index (χ0) is 21.1. The summed E-state index contributed by atoms with van der Waals surface area (Å²) >= 11 is 0. The molecule has 0 heterocycles. The molecule has 0 aromatic heterocycles. The van der Waals surface area contributed by atoms with E-state index in [9.17, 15) is 13.2 Å². The van der Waals surface area contributed by atoms with Crippen LogP contribution < -0.4 is 10.0 Å². The van der Waals surface area contributed by atoms with Crippen molar-refractivity contribution in [2.45, 2.75) is 37.1 Å². The van der Waals surface area contributed by atoms with Crippen molar-refractivity contribution in [3.63, 3.8) is 0 Å². The molecule has 3 aromatic carbocycles. The van der Waals surface area contributed by atoms with Gasteiger partial charge in [0.1, 0.15) is 0 Å². The first-order chi connectivity index (χ1) is 14.4. The van der Waals surface area contributed by atoms with Crippen LogP contribution in [0.1, 0.15) is 45.9 Å². The van der Waals surface area contributed by atoms with Crippen molar-refractivity contribution in [2.24, 2.45) is 0 Å². The molecule has 6 heteroatoms. The van der Waals surface area contributed by atoms with Gasteiger partial charge in [0.25, 0.3) is 15.9 Å². The van der Waals surface area contributed by atoms with E-state index in [0.717, 1.165) is 30.4 Å². The van der Waals surface area contributed by atoms with Gasteiger partial charge in [0.15, 0.2) is 0 Å². The number of nitrogens with one attached hydrogen (secondary N) is 2. The Morgan fingerprint density at radius 1 is 0.933 bits per heavy atom. The number of sulfonamides is 1. The summed E-state index contributed by atoms with van der Waals surface area (Å²) in [4.78, 5) is 13.2. The maximum absolute atomic E-state index is 13.1. The predicted octanol–water partition coefficient (Wildman–Crippen LogP) is 4.60. The van der Waals surface area contributed by atoms with E-state index in [2.05, 4.69) is 16.1 Å². The average molecular weight is 421 g/mol. The Bertz CT molecular complexity index is 1170. The molecule has 0 fully saturated rings. The third-order valence-electron chi connectivity index (χ3n) is 5.42. The van der Waals surface area contributed by atoms with Gasteiger partial charge in [-0.25, -0.2) is 8.42 Å². The smallest absolute Gasteiger partial charge is 0.261 e. The van der Waals surface area contributed by atoms with Crippen molar-refractivity contribution in [2.75, 3.05) is 4.72 Å². The highest BCUT2D eigenvalue weighted by molar-refractivity contribution is 7.92. The van der Waals surface area contributed by atoms with Crippen LogP contribution in [0.15, 0.2) is 77.7 Å². The Morgan fingerprint density at radius 3 is 2.43 bits per heavy atom. The van der Waals surface area contributed by atoms with Crippen molar-refractivity contribution in [1.82, 2.24) is 5.32 Å². The Balaban J connectivity index is 1.58. The van der Waals surface area contributed by atoms with Gasteiger partial charge < -0.3 is 5.32 Å². The van der Waals surface area contributed by atoms with Crippen LogP contribution in [0.5, 0.6) is 0 Å². The minimum absolute atomic E-state index is 0.0794. The van der Waals surface area contributed by atoms with Crippen LogP contribution in [0.2, 0.25) is 0 Å². The van der Waals surface area contributed by atoms with Gasteiger partial charge in [-0.05, 0) is 61.6 Å². The van der Waals surface area contributed by atoms with Gasteiger partial charge >= 0.3 is 0 Å². The second kappa shape index (κ2) is 8.32. The number of amides is 1. The fourth-order valence-corrected chi connectivity index (χ4v) is 4.91. The number of rotatable bonds is 5. The number of benzene rings is 3. The normalized spacial score (nSPS) is 15.8. The summed E-state index contributed by atoms with van der Waals surface area (Å²) in [7, 11) is -3.80. The van der Waals surface area contributed by atoms with Crippen molar-refractivity contribution >= 4 is 21.6 Å².